The predicted octanol–water partition coefficient (Wildman–Crippen LogP) is 4.17. The van der Waals surface area contributed by atoms with Crippen LogP contribution in [-0.4, -0.2) is 24.8 Å². The zero-order valence-corrected chi connectivity index (χ0v) is 15.4. The van der Waals surface area contributed by atoms with Crippen LogP contribution in [0.3, 0.4) is 0 Å². The monoisotopic (exact) mass is 375 g/mol. The van der Waals surface area contributed by atoms with E-state index in [1.807, 2.05) is 48.9 Å². The van der Waals surface area contributed by atoms with Crippen molar-refractivity contribution in [2.75, 3.05) is 0 Å². The minimum atomic E-state index is -0.445. The fourth-order valence-electron chi connectivity index (χ4n) is 2.95. The molecule has 0 bridgehead atoms. The third-order valence-corrected chi connectivity index (χ3v) is 4.40. The Balaban J connectivity index is 1.52. The van der Waals surface area contributed by atoms with Crippen molar-refractivity contribution in [1.82, 2.24) is 19.9 Å². The Labute approximate surface area is 160 Å². The number of nitro benzene ring substituents is 1. The highest BCUT2D eigenvalue weighted by Crippen LogP contribution is 2.24. The average Bonchev–Trinajstić information content (AvgIpc) is 3.29. The molecule has 0 saturated heterocycles. The van der Waals surface area contributed by atoms with E-state index in [1.165, 1.54) is 12.1 Å². The molecule has 0 saturated carbocycles. The van der Waals surface area contributed by atoms with Crippen molar-refractivity contribution in [3.8, 4) is 22.8 Å². The van der Waals surface area contributed by atoms with E-state index in [-0.39, 0.29) is 5.69 Å². The van der Waals surface area contributed by atoms with E-state index in [0.717, 1.165) is 22.5 Å². The van der Waals surface area contributed by atoms with Gasteiger partial charge in [0.15, 0.2) is 0 Å². The van der Waals surface area contributed by atoms with Gasteiger partial charge in [0.2, 0.25) is 5.82 Å². The van der Waals surface area contributed by atoms with E-state index in [0.29, 0.717) is 23.8 Å². The number of nitrogens with zero attached hydrogens (tertiary/aromatic N) is 5. The first-order chi connectivity index (χ1) is 13.5. The molecule has 0 radical (unpaired) electrons. The molecule has 8 heteroatoms. The van der Waals surface area contributed by atoms with Crippen LogP contribution in [0.25, 0.3) is 22.8 Å². The SMILES string of the molecule is Cc1cc(C)n(Cc2ccc(-c3nc(-c4ccc([N+](=O)[O-])cc4)no3)cc2)n1. The Morgan fingerprint density at radius 2 is 1.71 bits per heavy atom. The van der Waals surface area contributed by atoms with Crippen molar-refractivity contribution in [2.24, 2.45) is 0 Å². The van der Waals surface area contributed by atoms with Crippen molar-refractivity contribution in [1.29, 1.82) is 0 Å². The summed E-state index contributed by atoms with van der Waals surface area (Å²) in [7, 11) is 0. The lowest BCUT2D eigenvalue weighted by Gasteiger charge is -2.05. The number of aryl methyl sites for hydroxylation is 2. The van der Waals surface area contributed by atoms with Gasteiger partial charge in [-0.3, -0.25) is 14.8 Å². The summed E-state index contributed by atoms with van der Waals surface area (Å²) in [6.07, 6.45) is 0. The van der Waals surface area contributed by atoms with Crippen LogP contribution in [0.4, 0.5) is 5.69 Å². The highest BCUT2D eigenvalue weighted by Gasteiger charge is 2.12. The maximum absolute atomic E-state index is 10.8. The molecule has 0 fully saturated rings. The van der Waals surface area contributed by atoms with Crippen LogP contribution in [0.2, 0.25) is 0 Å². The van der Waals surface area contributed by atoms with Crippen LogP contribution in [-0.2, 0) is 6.54 Å². The molecule has 0 aliphatic heterocycles. The molecule has 28 heavy (non-hydrogen) atoms. The van der Waals surface area contributed by atoms with Gasteiger partial charge in [0.25, 0.3) is 11.6 Å². The van der Waals surface area contributed by atoms with Gasteiger partial charge in [0, 0.05) is 29.0 Å². The van der Waals surface area contributed by atoms with Crippen molar-refractivity contribution >= 4 is 5.69 Å². The van der Waals surface area contributed by atoms with E-state index in [9.17, 15) is 10.1 Å². The van der Waals surface area contributed by atoms with Gasteiger partial charge in [0.05, 0.1) is 17.2 Å². The van der Waals surface area contributed by atoms with Crippen LogP contribution in [0.5, 0.6) is 0 Å². The summed E-state index contributed by atoms with van der Waals surface area (Å²) < 4.78 is 7.31. The number of hydrogen-bond donors (Lipinski definition) is 0. The van der Waals surface area contributed by atoms with Crippen LogP contribution >= 0.6 is 0 Å². The number of hydrogen-bond acceptors (Lipinski definition) is 6. The standard InChI is InChI=1S/C20H17N5O3/c1-13-11-14(2)24(22-13)12-15-3-5-17(6-4-15)20-21-19(23-28-20)16-7-9-18(10-8-16)25(26)27/h3-11H,12H2,1-2H3. The predicted molar refractivity (Wildman–Crippen MR) is 103 cm³/mol. The van der Waals surface area contributed by atoms with Gasteiger partial charge in [-0.25, -0.2) is 0 Å². The molecule has 0 N–H and O–H groups in total. The van der Waals surface area contributed by atoms with E-state index in [1.54, 1.807) is 12.1 Å². The quantitative estimate of drug-likeness (QED) is 0.383. The molecular weight excluding hydrogens is 358 g/mol. The Bertz CT molecular complexity index is 1130. The van der Waals surface area contributed by atoms with Gasteiger partial charge in [-0.2, -0.15) is 10.1 Å². The highest BCUT2D eigenvalue weighted by molar-refractivity contribution is 5.61. The lowest BCUT2D eigenvalue weighted by Crippen LogP contribution is -2.03. The molecule has 4 rings (SSSR count). The van der Waals surface area contributed by atoms with Gasteiger partial charge < -0.3 is 4.52 Å². The van der Waals surface area contributed by atoms with Crippen LogP contribution < -0.4 is 0 Å². The molecule has 0 spiro atoms. The third kappa shape index (κ3) is 3.52. The van der Waals surface area contributed by atoms with Crippen LogP contribution in [0.1, 0.15) is 17.0 Å². The van der Waals surface area contributed by atoms with Crippen molar-refractivity contribution < 1.29 is 9.45 Å². The fraction of sp³-hybridized carbons (Fsp3) is 0.150. The Morgan fingerprint density at radius 3 is 2.32 bits per heavy atom. The summed E-state index contributed by atoms with van der Waals surface area (Å²) in [4.78, 5) is 14.7. The molecule has 2 heterocycles. The average molecular weight is 375 g/mol. The molecule has 2 aromatic carbocycles. The van der Waals surface area contributed by atoms with Gasteiger partial charge in [-0.05, 0) is 49.7 Å². The van der Waals surface area contributed by atoms with Crippen molar-refractivity contribution in [3.63, 3.8) is 0 Å². The first-order valence-electron chi connectivity index (χ1n) is 8.68. The summed E-state index contributed by atoms with van der Waals surface area (Å²) in [6.45, 7) is 4.70. The molecule has 0 aliphatic carbocycles. The molecule has 140 valence electrons. The smallest absolute Gasteiger partial charge is 0.269 e. The first-order valence-corrected chi connectivity index (χ1v) is 8.68. The Kier molecular flexibility index (Phi) is 4.44. The summed E-state index contributed by atoms with van der Waals surface area (Å²) in [5, 5.41) is 19.2. The molecular formula is C20H17N5O3. The molecule has 0 atom stereocenters. The van der Waals surface area contributed by atoms with E-state index in [2.05, 4.69) is 15.2 Å². The number of aromatic nitrogens is 4. The Hall–Kier alpha value is -3.81. The Morgan fingerprint density at radius 1 is 1.04 bits per heavy atom. The van der Waals surface area contributed by atoms with Crippen LogP contribution in [0.15, 0.2) is 59.1 Å². The second kappa shape index (κ2) is 7.07. The molecule has 0 unspecified atom stereocenters. The second-order valence-corrected chi connectivity index (χ2v) is 6.51. The number of non-ortho nitro benzene ring substituents is 1. The highest BCUT2D eigenvalue weighted by atomic mass is 16.6. The lowest BCUT2D eigenvalue weighted by molar-refractivity contribution is -0.384. The summed E-state index contributed by atoms with van der Waals surface area (Å²) in [6, 6.07) is 15.9. The number of nitro groups is 1. The first kappa shape index (κ1) is 17.6. The van der Waals surface area contributed by atoms with Crippen molar-refractivity contribution in [2.45, 2.75) is 20.4 Å². The van der Waals surface area contributed by atoms with Gasteiger partial charge in [-0.15, -0.1) is 0 Å². The fourth-order valence-corrected chi connectivity index (χ4v) is 2.95. The molecule has 2 aromatic heterocycles. The van der Waals surface area contributed by atoms with E-state index in [4.69, 9.17) is 4.52 Å². The zero-order valence-electron chi connectivity index (χ0n) is 15.4. The van der Waals surface area contributed by atoms with Gasteiger partial charge in [0.1, 0.15) is 0 Å². The number of rotatable bonds is 5. The lowest BCUT2D eigenvalue weighted by atomic mass is 10.1. The molecule has 0 amide bonds. The normalized spacial score (nSPS) is 10.9. The summed E-state index contributed by atoms with van der Waals surface area (Å²) >= 11 is 0. The maximum atomic E-state index is 10.8. The van der Waals surface area contributed by atoms with Crippen LogP contribution in [0, 0.1) is 24.0 Å². The third-order valence-electron chi connectivity index (χ3n) is 4.40. The minimum Gasteiger partial charge on any atom is -0.334 e. The summed E-state index contributed by atoms with van der Waals surface area (Å²) in [5.41, 5.74) is 4.71. The minimum absolute atomic E-state index is 0.0191. The van der Waals surface area contributed by atoms with E-state index < -0.39 is 4.92 Å². The number of benzene rings is 2. The second-order valence-electron chi connectivity index (χ2n) is 6.51. The molecule has 4 aromatic rings. The molecule has 8 nitrogen and oxygen atoms in total. The van der Waals surface area contributed by atoms with Crippen molar-refractivity contribution in [3.05, 3.63) is 81.7 Å². The molecule has 0 aliphatic rings. The zero-order chi connectivity index (χ0) is 19.7. The topological polar surface area (TPSA) is 99.9 Å². The van der Waals surface area contributed by atoms with Gasteiger partial charge >= 0.3 is 0 Å². The maximum Gasteiger partial charge on any atom is 0.269 e. The largest absolute Gasteiger partial charge is 0.334 e. The van der Waals surface area contributed by atoms with E-state index >= 15 is 0 Å². The van der Waals surface area contributed by atoms with Gasteiger partial charge in [-0.1, -0.05) is 17.3 Å². The summed E-state index contributed by atoms with van der Waals surface area (Å²) in [5.74, 6) is 0.780.